The predicted octanol–water partition coefficient (Wildman–Crippen LogP) is 4.24. The van der Waals surface area contributed by atoms with Crippen LogP contribution in [-0.4, -0.2) is 14.4 Å². The molecule has 5 heteroatoms. The first-order chi connectivity index (χ1) is 9.90. The minimum atomic E-state index is 0.865. The number of imidazole rings is 1. The van der Waals surface area contributed by atoms with E-state index in [1.165, 1.54) is 10.3 Å². The van der Waals surface area contributed by atoms with E-state index in [0.717, 1.165) is 21.9 Å². The zero-order valence-corrected chi connectivity index (χ0v) is 12.2. The lowest BCUT2D eigenvalue weighted by Gasteiger charge is -2.03. The van der Waals surface area contributed by atoms with Crippen LogP contribution in [0.1, 0.15) is 5.69 Å². The molecule has 0 aliphatic carbocycles. The van der Waals surface area contributed by atoms with Crippen molar-refractivity contribution in [3.63, 3.8) is 0 Å². The molecule has 0 atom stereocenters. The summed E-state index contributed by atoms with van der Waals surface area (Å²) >= 11 is 3.45. The second-order valence-electron chi connectivity index (χ2n) is 4.45. The molecule has 0 unspecified atom stereocenters. The molecule has 0 radical (unpaired) electrons. The van der Waals surface area contributed by atoms with Crippen molar-refractivity contribution >= 4 is 39.0 Å². The molecule has 0 spiro atoms. The van der Waals surface area contributed by atoms with E-state index in [1.807, 2.05) is 23.8 Å². The van der Waals surface area contributed by atoms with Gasteiger partial charge >= 0.3 is 0 Å². The number of hydrogen-bond acceptors (Lipinski definition) is 4. The third-order valence-corrected chi connectivity index (χ3v) is 4.97. The molecule has 0 aliphatic rings. The van der Waals surface area contributed by atoms with Gasteiger partial charge < -0.3 is 0 Å². The molecule has 0 aliphatic heterocycles. The van der Waals surface area contributed by atoms with E-state index in [1.54, 1.807) is 23.1 Å². The molecule has 1 aromatic carbocycles. The highest BCUT2D eigenvalue weighted by Gasteiger charge is 2.06. The van der Waals surface area contributed by atoms with E-state index >= 15 is 0 Å². The summed E-state index contributed by atoms with van der Waals surface area (Å²) in [6, 6.07) is 10.4. The summed E-state index contributed by atoms with van der Waals surface area (Å²) in [5, 5.41) is 3.23. The average molecular weight is 297 g/mol. The molecule has 3 aromatic heterocycles. The number of fused-ring (bicyclic) bond motifs is 2. The van der Waals surface area contributed by atoms with Crippen molar-refractivity contribution in [2.45, 2.75) is 10.6 Å². The summed E-state index contributed by atoms with van der Waals surface area (Å²) in [6.07, 6.45) is 5.98. The minimum Gasteiger partial charge on any atom is -0.297 e. The Balaban J connectivity index is 1.63. The highest BCUT2D eigenvalue weighted by molar-refractivity contribution is 7.98. The molecule has 0 saturated heterocycles. The van der Waals surface area contributed by atoms with E-state index in [2.05, 4.69) is 44.8 Å². The highest BCUT2D eigenvalue weighted by Crippen LogP contribution is 2.28. The van der Waals surface area contributed by atoms with Crippen molar-refractivity contribution in [2.24, 2.45) is 0 Å². The number of benzene rings is 1. The van der Waals surface area contributed by atoms with Crippen LogP contribution in [0, 0.1) is 0 Å². The fraction of sp³-hybridized carbons (Fsp3) is 0.0667. The molecule has 0 fully saturated rings. The zero-order valence-electron chi connectivity index (χ0n) is 10.6. The predicted molar refractivity (Wildman–Crippen MR) is 84.4 cm³/mol. The van der Waals surface area contributed by atoms with Crippen molar-refractivity contribution in [3.8, 4) is 0 Å². The summed E-state index contributed by atoms with van der Waals surface area (Å²) < 4.78 is 2.07. The van der Waals surface area contributed by atoms with Crippen LogP contribution in [0.5, 0.6) is 0 Å². The lowest BCUT2D eigenvalue weighted by Crippen LogP contribution is -1.84. The fourth-order valence-electron chi connectivity index (χ4n) is 2.19. The maximum Gasteiger partial charge on any atom is 0.193 e. The maximum atomic E-state index is 4.61. The smallest absolute Gasteiger partial charge is 0.193 e. The Labute approximate surface area is 124 Å². The van der Waals surface area contributed by atoms with Crippen LogP contribution in [0.4, 0.5) is 0 Å². The van der Waals surface area contributed by atoms with Crippen molar-refractivity contribution in [1.29, 1.82) is 0 Å². The number of rotatable bonds is 3. The topological polar surface area (TPSA) is 30.2 Å². The quantitative estimate of drug-likeness (QED) is 0.530. The molecule has 0 saturated carbocycles. The third-order valence-electron chi connectivity index (χ3n) is 3.11. The minimum absolute atomic E-state index is 0.865. The van der Waals surface area contributed by atoms with Crippen LogP contribution in [0.2, 0.25) is 0 Å². The lowest BCUT2D eigenvalue weighted by molar-refractivity contribution is 1.21. The first-order valence-electron chi connectivity index (χ1n) is 6.28. The molecular weight excluding hydrogens is 286 g/mol. The van der Waals surface area contributed by atoms with Crippen molar-refractivity contribution in [1.82, 2.24) is 14.4 Å². The average Bonchev–Trinajstić information content (AvgIpc) is 3.06. The van der Waals surface area contributed by atoms with Gasteiger partial charge in [-0.1, -0.05) is 18.2 Å². The van der Waals surface area contributed by atoms with Crippen LogP contribution < -0.4 is 0 Å². The van der Waals surface area contributed by atoms with Gasteiger partial charge in [-0.15, -0.1) is 23.1 Å². The van der Waals surface area contributed by atoms with Crippen molar-refractivity contribution < 1.29 is 0 Å². The van der Waals surface area contributed by atoms with Crippen LogP contribution in [0.25, 0.3) is 15.9 Å². The molecular formula is C15H11N3S2. The first kappa shape index (κ1) is 11.9. The van der Waals surface area contributed by atoms with Gasteiger partial charge in [0.1, 0.15) is 0 Å². The second kappa shape index (κ2) is 4.92. The molecule has 4 rings (SSSR count). The van der Waals surface area contributed by atoms with Crippen LogP contribution in [-0.2, 0) is 5.75 Å². The highest BCUT2D eigenvalue weighted by atomic mass is 32.2. The Hall–Kier alpha value is -1.85. The number of para-hydroxylation sites is 1. The molecule has 98 valence electrons. The molecule has 0 amide bonds. The van der Waals surface area contributed by atoms with E-state index in [4.69, 9.17) is 0 Å². The summed E-state index contributed by atoms with van der Waals surface area (Å²) in [4.78, 5) is 11.4. The van der Waals surface area contributed by atoms with Crippen molar-refractivity contribution in [2.75, 3.05) is 0 Å². The number of thioether (sulfide) groups is 1. The number of hydrogen-bond donors (Lipinski definition) is 0. The lowest BCUT2D eigenvalue weighted by atomic mass is 10.2. The molecule has 3 nitrogen and oxygen atoms in total. The number of nitrogens with zero attached hydrogens (tertiary/aromatic N) is 3. The number of thiazole rings is 1. The molecule has 3 heterocycles. The van der Waals surface area contributed by atoms with Crippen molar-refractivity contribution in [3.05, 3.63) is 60.0 Å². The Kier molecular flexibility index (Phi) is 2.94. The molecule has 0 N–H and O–H groups in total. The van der Waals surface area contributed by atoms with Gasteiger partial charge in [-0.3, -0.25) is 9.38 Å². The summed E-state index contributed by atoms with van der Waals surface area (Å²) in [6.45, 7) is 0. The zero-order chi connectivity index (χ0) is 13.4. The SMILES string of the molecule is c1cnc2c(SCc3cn4ccsc4n3)cccc2c1. The number of pyridine rings is 1. The first-order valence-corrected chi connectivity index (χ1v) is 8.14. The molecule has 20 heavy (non-hydrogen) atoms. The monoisotopic (exact) mass is 297 g/mol. The van der Waals surface area contributed by atoms with Gasteiger partial charge in [0.25, 0.3) is 0 Å². The van der Waals surface area contributed by atoms with E-state index in [0.29, 0.717) is 0 Å². The van der Waals surface area contributed by atoms with Gasteiger partial charge in [-0.2, -0.15) is 0 Å². The van der Waals surface area contributed by atoms with Crippen LogP contribution in [0.15, 0.2) is 59.2 Å². The third kappa shape index (κ3) is 2.09. The van der Waals surface area contributed by atoms with Gasteiger partial charge in [-0.05, 0) is 12.1 Å². The van der Waals surface area contributed by atoms with Gasteiger partial charge in [0.2, 0.25) is 0 Å². The largest absolute Gasteiger partial charge is 0.297 e. The Morgan fingerprint density at radius 1 is 1.20 bits per heavy atom. The van der Waals surface area contributed by atoms with Gasteiger partial charge in [0.15, 0.2) is 4.96 Å². The normalized spacial score (nSPS) is 11.4. The Morgan fingerprint density at radius 2 is 2.15 bits per heavy atom. The van der Waals surface area contributed by atoms with E-state index in [9.17, 15) is 0 Å². The van der Waals surface area contributed by atoms with Gasteiger partial charge in [0.05, 0.1) is 11.2 Å². The maximum absolute atomic E-state index is 4.61. The van der Waals surface area contributed by atoms with Crippen LogP contribution in [0.3, 0.4) is 0 Å². The van der Waals surface area contributed by atoms with E-state index < -0.39 is 0 Å². The Bertz CT molecular complexity index is 845. The standard InChI is InChI=1S/C15H11N3S2/c1-3-11-4-2-6-16-14(11)13(5-1)20-10-12-9-18-7-8-19-15(18)17-12/h1-9H,10H2. The summed E-state index contributed by atoms with van der Waals surface area (Å²) in [5.74, 6) is 0.865. The van der Waals surface area contributed by atoms with Gasteiger partial charge in [0, 0.05) is 40.0 Å². The summed E-state index contributed by atoms with van der Waals surface area (Å²) in [7, 11) is 0. The molecule has 4 aromatic rings. The summed E-state index contributed by atoms with van der Waals surface area (Å²) in [5.41, 5.74) is 2.18. The van der Waals surface area contributed by atoms with E-state index in [-0.39, 0.29) is 0 Å². The fourth-order valence-corrected chi connectivity index (χ4v) is 3.83. The van der Waals surface area contributed by atoms with Crippen LogP contribution >= 0.6 is 23.1 Å². The molecule has 0 bridgehead atoms. The Morgan fingerprint density at radius 3 is 3.10 bits per heavy atom. The second-order valence-corrected chi connectivity index (χ2v) is 6.34. The number of aromatic nitrogens is 3. The van der Waals surface area contributed by atoms with Gasteiger partial charge in [-0.25, -0.2) is 4.98 Å².